The van der Waals surface area contributed by atoms with Crippen molar-refractivity contribution < 1.29 is 4.79 Å². The molecular formula is C16H15ClN4OS. The number of hydrogen-bond acceptors (Lipinski definition) is 5. The summed E-state index contributed by atoms with van der Waals surface area (Å²) >= 11 is 7.02. The van der Waals surface area contributed by atoms with Crippen molar-refractivity contribution in [2.24, 2.45) is 0 Å². The summed E-state index contributed by atoms with van der Waals surface area (Å²) in [6.45, 7) is 5.48. The van der Waals surface area contributed by atoms with Crippen LogP contribution in [-0.4, -0.2) is 21.1 Å². The molecule has 0 fully saturated rings. The molecule has 5 nitrogen and oxygen atoms in total. The normalized spacial score (nSPS) is 11.6. The molecule has 7 heteroatoms. The van der Waals surface area contributed by atoms with Gasteiger partial charge in [-0.05, 0) is 44.5 Å². The summed E-state index contributed by atoms with van der Waals surface area (Å²) in [5, 5.41) is 12.6. The van der Waals surface area contributed by atoms with E-state index in [-0.39, 0.29) is 5.91 Å². The number of nitriles is 1. The number of nitrogens with zero attached hydrogens (tertiary/aromatic N) is 3. The molecule has 1 amide bonds. The lowest BCUT2D eigenvalue weighted by Gasteiger charge is -2.13. The Balaban J connectivity index is 2.12. The van der Waals surface area contributed by atoms with Crippen molar-refractivity contribution in [1.29, 1.82) is 5.26 Å². The maximum Gasteiger partial charge on any atom is 0.238 e. The van der Waals surface area contributed by atoms with Crippen LogP contribution in [0.25, 0.3) is 0 Å². The molecule has 2 rings (SSSR count). The van der Waals surface area contributed by atoms with Crippen LogP contribution in [0.15, 0.2) is 29.4 Å². The number of pyridine rings is 2. The molecule has 1 N–H and O–H groups in total. The highest BCUT2D eigenvalue weighted by Gasteiger charge is 2.19. The van der Waals surface area contributed by atoms with E-state index in [0.29, 0.717) is 21.4 Å². The van der Waals surface area contributed by atoms with E-state index in [0.717, 1.165) is 11.3 Å². The van der Waals surface area contributed by atoms with Gasteiger partial charge in [0.15, 0.2) is 0 Å². The second-order valence-electron chi connectivity index (χ2n) is 4.98. The van der Waals surface area contributed by atoms with Gasteiger partial charge >= 0.3 is 0 Å². The lowest BCUT2D eigenvalue weighted by Crippen LogP contribution is -2.23. The number of amides is 1. The van der Waals surface area contributed by atoms with Crippen LogP contribution in [0.5, 0.6) is 0 Å². The maximum atomic E-state index is 12.3. The minimum Gasteiger partial charge on any atom is -0.310 e. The molecule has 1 unspecified atom stereocenters. The predicted molar refractivity (Wildman–Crippen MR) is 91.6 cm³/mol. The minimum atomic E-state index is -0.423. The molecule has 0 radical (unpaired) electrons. The van der Waals surface area contributed by atoms with Crippen LogP contribution in [0, 0.1) is 25.2 Å². The second kappa shape index (κ2) is 7.44. The number of aryl methyl sites for hydroxylation is 2. The average molecular weight is 347 g/mol. The van der Waals surface area contributed by atoms with Gasteiger partial charge in [-0.2, -0.15) is 5.26 Å². The van der Waals surface area contributed by atoms with Gasteiger partial charge in [0.1, 0.15) is 16.9 Å². The van der Waals surface area contributed by atoms with Gasteiger partial charge in [-0.25, -0.2) is 9.97 Å². The highest BCUT2D eigenvalue weighted by molar-refractivity contribution is 8.00. The molecule has 0 bridgehead atoms. The highest BCUT2D eigenvalue weighted by atomic mass is 35.5. The van der Waals surface area contributed by atoms with E-state index in [9.17, 15) is 10.1 Å². The molecule has 0 saturated carbocycles. The first-order valence-corrected chi connectivity index (χ1v) is 8.14. The molecule has 2 heterocycles. The minimum absolute atomic E-state index is 0.213. The van der Waals surface area contributed by atoms with Crippen molar-refractivity contribution in [2.75, 3.05) is 5.32 Å². The standard InChI is InChI=1S/C16H15ClN4OS/c1-9-6-10(2)20-16(13(9)7-18)23-11(3)15(22)21-14-5-4-12(17)8-19-14/h4-6,8,11H,1-3H3,(H,19,21,22). The summed E-state index contributed by atoms with van der Waals surface area (Å²) in [7, 11) is 0. The number of anilines is 1. The molecule has 118 valence electrons. The number of carbonyl (C=O) groups is 1. The lowest BCUT2D eigenvalue weighted by molar-refractivity contribution is -0.115. The van der Waals surface area contributed by atoms with Gasteiger partial charge in [0, 0.05) is 11.9 Å². The molecule has 2 aromatic rings. The first kappa shape index (κ1) is 17.3. The second-order valence-corrected chi connectivity index (χ2v) is 6.75. The van der Waals surface area contributed by atoms with Crippen LogP contribution in [0.1, 0.15) is 23.7 Å². The summed E-state index contributed by atoms with van der Waals surface area (Å²) in [6.07, 6.45) is 1.47. The average Bonchev–Trinajstić information content (AvgIpc) is 2.49. The zero-order chi connectivity index (χ0) is 17.0. The topological polar surface area (TPSA) is 78.7 Å². The van der Waals surface area contributed by atoms with Gasteiger partial charge in [0.2, 0.25) is 5.91 Å². The quantitative estimate of drug-likeness (QED) is 0.853. The fraction of sp³-hybridized carbons (Fsp3) is 0.250. The van der Waals surface area contributed by atoms with Crippen molar-refractivity contribution in [3.63, 3.8) is 0 Å². The van der Waals surface area contributed by atoms with Gasteiger partial charge in [-0.3, -0.25) is 4.79 Å². The summed E-state index contributed by atoms with van der Waals surface area (Å²) in [5.74, 6) is 0.218. The number of nitrogens with one attached hydrogen (secondary N) is 1. The summed E-state index contributed by atoms with van der Waals surface area (Å²) in [6, 6.07) is 7.29. The van der Waals surface area contributed by atoms with Gasteiger partial charge in [-0.15, -0.1) is 0 Å². The molecule has 0 saturated heterocycles. The van der Waals surface area contributed by atoms with Crippen LogP contribution < -0.4 is 5.32 Å². The predicted octanol–water partition coefficient (Wildman–Crippen LogP) is 3.74. The van der Waals surface area contributed by atoms with Crippen LogP contribution in [-0.2, 0) is 4.79 Å². The fourth-order valence-electron chi connectivity index (χ4n) is 1.92. The number of halogens is 1. The Bertz CT molecular complexity index is 771. The zero-order valence-corrected chi connectivity index (χ0v) is 14.5. The maximum absolute atomic E-state index is 12.3. The SMILES string of the molecule is Cc1cc(C)c(C#N)c(SC(C)C(=O)Nc2ccc(Cl)cn2)n1. The number of hydrogen-bond donors (Lipinski definition) is 1. The van der Waals surface area contributed by atoms with Crippen molar-refractivity contribution >= 4 is 35.1 Å². The van der Waals surface area contributed by atoms with Crippen molar-refractivity contribution in [3.05, 3.63) is 46.2 Å². The van der Waals surface area contributed by atoms with E-state index in [1.165, 1.54) is 18.0 Å². The monoisotopic (exact) mass is 346 g/mol. The molecule has 0 aliphatic heterocycles. The van der Waals surface area contributed by atoms with E-state index < -0.39 is 5.25 Å². The van der Waals surface area contributed by atoms with Gasteiger partial charge in [0.25, 0.3) is 0 Å². The Labute approximate surface area is 144 Å². The Kier molecular flexibility index (Phi) is 5.59. The first-order valence-electron chi connectivity index (χ1n) is 6.88. The molecule has 2 aromatic heterocycles. The highest BCUT2D eigenvalue weighted by Crippen LogP contribution is 2.27. The van der Waals surface area contributed by atoms with E-state index in [1.807, 2.05) is 19.9 Å². The summed E-state index contributed by atoms with van der Waals surface area (Å²) in [5.41, 5.74) is 2.18. The van der Waals surface area contributed by atoms with E-state index in [4.69, 9.17) is 11.6 Å². The van der Waals surface area contributed by atoms with Crippen LogP contribution >= 0.6 is 23.4 Å². The van der Waals surface area contributed by atoms with Gasteiger partial charge < -0.3 is 5.32 Å². The Hall–Kier alpha value is -2.10. The number of thioether (sulfide) groups is 1. The molecule has 0 aliphatic carbocycles. The van der Waals surface area contributed by atoms with Gasteiger partial charge in [-0.1, -0.05) is 23.4 Å². The Morgan fingerprint density at radius 3 is 2.78 bits per heavy atom. The number of carbonyl (C=O) groups excluding carboxylic acids is 1. The summed E-state index contributed by atoms with van der Waals surface area (Å²) in [4.78, 5) is 20.7. The molecule has 1 atom stereocenters. The van der Waals surface area contributed by atoms with Crippen LogP contribution in [0.4, 0.5) is 5.82 Å². The van der Waals surface area contributed by atoms with E-state index >= 15 is 0 Å². The third-order valence-electron chi connectivity index (χ3n) is 3.06. The smallest absolute Gasteiger partial charge is 0.238 e. The third kappa shape index (κ3) is 4.44. The Morgan fingerprint density at radius 2 is 2.17 bits per heavy atom. The summed E-state index contributed by atoms with van der Waals surface area (Å²) < 4.78 is 0. The first-order chi connectivity index (χ1) is 10.9. The third-order valence-corrected chi connectivity index (χ3v) is 4.37. The number of aromatic nitrogens is 2. The zero-order valence-electron chi connectivity index (χ0n) is 12.9. The number of rotatable bonds is 4. The van der Waals surface area contributed by atoms with Crippen molar-refractivity contribution in [2.45, 2.75) is 31.0 Å². The molecule has 0 spiro atoms. The van der Waals surface area contributed by atoms with E-state index in [1.54, 1.807) is 19.1 Å². The van der Waals surface area contributed by atoms with Crippen LogP contribution in [0.3, 0.4) is 0 Å². The molecule has 0 aromatic carbocycles. The largest absolute Gasteiger partial charge is 0.310 e. The Morgan fingerprint density at radius 1 is 1.43 bits per heavy atom. The molecule has 23 heavy (non-hydrogen) atoms. The van der Waals surface area contributed by atoms with Crippen molar-refractivity contribution in [3.8, 4) is 6.07 Å². The van der Waals surface area contributed by atoms with Crippen LogP contribution in [0.2, 0.25) is 5.02 Å². The fourth-order valence-corrected chi connectivity index (χ4v) is 3.06. The van der Waals surface area contributed by atoms with Crippen molar-refractivity contribution in [1.82, 2.24) is 9.97 Å². The molecular weight excluding hydrogens is 332 g/mol. The van der Waals surface area contributed by atoms with Gasteiger partial charge in [0.05, 0.1) is 15.8 Å². The molecule has 0 aliphatic rings. The van der Waals surface area contributed by atoms with E-state index in [2.05, 4.69) is 21.4 Å². The lowest BCUT2D eigenvalue weighted by atomic mass is 10.1.